The smallest absolute Gasteiger partial charge is 0.144 e. The van der Waals surface area contributed by atoms with Crippen LogP contribution in [-0.4, -0.2) is 12.8 Å². The number of para-hydroxylation sites is 1. The summed E-state index contributed by atoms with van der Waals surface area (Å²) < 4.78 is 6.39. The van der Waals surface area contributed by atoms with Crippen LogP contribution in [0.25, 0.3) is 44.0 Å². The summed E-state index contributed by atoms with van der Waals surface area (Å²) in [5, 5.41) is 4.44. The SMILES string of the molecule is [B]C1(c2ccnc(-c3cccc4c3oc3cc5ccccc5cc34)c2)CCCCC1. The zero-order chi connectivity index (χ0) is 20.1. The Bertz CT molecular complexity index is 1390. The minimum Gasteiger partial charge on any atom is -0.455 e. The maximum absolute atomic E-state index is 6.81. The molecule has 30 heavy (non-hydrogen) atoms. The van der Waals surface area contributed by atoms with E-state index in [0.717, 1.165) is 46.0 Å². The molecule has 1 aliphatic carbocycles. The third-order valence-electron chi connectivity index (χ3n) is 6.72. The molecule has 0 bridgehead atoms. The van der Waals surface area contributed by atoms with Gasteiger partial charge in [-0.05, 0) is 52.0 Å². The second-order valence-electron chi connectivity index (χ2n) is 8.63. The van der Waals surface area contributed by atoms with Crippen molar-refractivity contribution in [2.24, 2.45) is 0 Å². The highest BCUT2D eigenvalue weighted by atomic mass is 16.3. The highest BCUT2D eigenvalue weighted by Crippen LogP contribution is 2.40. The molecule has 144 valence electrons. The topological polar surface area (TPSA) is 26.0 Å². The molecule has 1 saturated carbocycles. The Kier molecular flexibility index (Phi) is 3.99. The normalized spacial score (nSPS) is 16.4. The lowest BCUT2D eigenvalue weighted by Crippen LogP contribution is -2.29. The van der Waals surface area contributed by atoms with E-state index >= 15 is 0 Å². The molecule has 0 N–H and O–H groups in total. The first-order valence-corrected chi connectivity index (χ1v) is 10.8. The van der Waals surface area contributed by atoms with Gasteiger partial charge < -0.3 is 4.42 Å². The van der Waals surface area contributed by atoms with E-state index in [1.807, 2.05) is 6.20 Å². The van der Waals surface area contributed by atoms with E-state index in [0.29, 0.717) is 0 Å². The van der Waals surface area contributed by atoms with Gasteiger partial charge in [-0.25, -0.2) is 0 Å². The van der Waals surface area contributed by atoms with Crippen LogP contribution in [0.3, 0.4) is 0 Å². The number of aromatic nitrogens is 1. The summed E-state index contributed by atoms with van der Waals surface area (Å²) >= 11 is 0. The molecular formula is C27H22BNO. The van der Waals surface area contributed by atoms with E-state index in [9.17, 15) is 0 Å². The van der Waals surface area contributed by atoms with Gasteiger partial charge in [0.15, 0.2) is 0 Å². The minimum absolute atomic E-state index is 0.241. The van der Waals surface area contributed by atoms with Crippen LogP contribution in [0.4, 0.5) is 0 Å². The summed E-state index contributed by atoms with van der Waals surface area (Å²) in [5.41, 5.74) is 4.94. The van der Waals surface area contributed by atoms with E-state index in [1.54, 1.807) is 0 Å². The number of nitrogens with zero attached hydrogens (tertiary/aromatic N) is 1. The Morgan fingerprint density at radius 2 is 1.60 bits per heavy atom. The summed E-state index contributed by atoms with van der Waals surface area (Å²) in [5.74, 6) is 0. The molecule has 6 rings (SSSR count). The maximum atomic E-state index is 6.81. The van der Waals surface area contributed by atoms with Crippen molar-refractivity contribution in [3.8, 4) is 11.3 Å². The largest absolute Gasteiger partial charge is 0.455 e. The molecule has 2 aromatic heterocycles. The summed E-state index contributed by atoms with van der Waals surface area (Å²) in [4.78, 5) is 4.70. The Hall–Kier alpha value is -3.07. The van der Waals surface area contributed by atoms with Crippen LogP contribution in [0.2, 0.25) is 0 Å². The lowest BCUT2D eigenvalue weighted by Gasteiger charge is -2.34. The van der Waals surface area contributed by atoms with Crippen LogP contribution in [0.5, 0.6) is 0 Å². The average molecular weight is 387 g/mol. The fourth-order valence-corrected chi connectivity index (χ4v) is 5.04. The summed E-state index contributed by atoms with van der Waals surface area (Å²) in [6.07, 6.45) is 7.64. The average Bonchev–Trinajstić information content (AvgIpc) is 3.15. The van der Waals surface area contributed by atoms with Gasteiger partial charge >= 0.3 is 0 Å². The molecule has 0 saturated heterocycles. The number of rotatable bonds is 2. The molecule has 3 heteroatoms. The number of pyridine rings is 1. The highest BCUT2D eigenvalue weighted by molar-refractivity contribution is 6.16. The predicted octanol–water partition coefficient (Wildman–Crippen LogP) is 7.13. The second-order valence-corrected chi connectivity index (χ2v) is 8.63. The molecular weight excluding hydrogens is 365 g/mol. The molecule has 1 fully saturated rings. The fourth-order valence-electron chi connectivity index (χ4n) is 5.04. The number of fused-ring (bicyclic) bond motifs is 4. The Morgan fingerprint density at radius 1 is 0.800 bits per heavy atom. The molecule has 2 radical (unpaired) electrons. The first kappa shape index (κ1) is 17.8. The van der Waals surface area contributed by atoms with Gasteiger partial charge in [0.25, 0.3) is 0 Å². The van der Waals surface area contributed by atoms with Crippen molar-refractivity contribution in [1.29, 1.82) is 0 Å². The standard InChI is InChI=1S/C27H22BNO/c28-27(12-4-1-5-13-27)20-11-14-29-24(17-20)22-10-6-9-21-23-15-18-7-2-3-8-19(18)16-25(23)30-26(21)22/h2-3,6-11,14-17H,1,4-5,12-13H2. The van der Waals surface area contributed by atoms with Gasteiger partial charge in [0.1, 0.15) is 11.2 Å². The van der Waals surface area contributed by atoms with E-state index in [4.69, 9.17) is 17.2 Å². The maximum Gasteiger partial charge on any atom is 0.144 e. The molecule has 0 aliphatic heterocycles. The quantitative estimate of drug-likeness (QED) is 0.301. The van der Waals surface area contributed by atoms with Gasteiger partial charge in [0.2, 0.25) is 0 Å². The van der Waals surface area contributed by atoms with Crippen molar-refractivity contribution in [2.45, 2.75) is 37.4 Å². The Labute approximate surface area is 177 Å². The van der Waals surface area contributed by atoms with Gasteiger partial charge in [-0.1, -0.05) is 68.5 Å². The number of hydrogen-bond donors (Lipinski definition) is 0. The predicted molar refractivity (Wildman–Crippen MR) is 125 cm³/mol. The fraction of sp³-hybridized carbons (Fsp3) is 0.222. The third kappa shape index (κ3) is 2.76. The van der Waals surface area contributed by atoms with Crippen LogP contribution in [0, 0.1) is 0 Å². The molecule has 5 aromatic rings. The van der Waals surface area contributed by atoms with Crippen molar-refractivity contribution >= 4 is 40.6 Å². The number of hydrogen-bond acceptors (Lipinski definition) is 2. The molecule has 0 unspecified atom stereocenters. The van der Waals surface area contributed by atoms with Gasteiger partial charge in [-0.2, -0.15) is 0 Å². The van der Waals surface area contributed by atoms with Crippen molar-refractivity contribution < 1.29 is 4.42 Å². The molecule has 0 spiro atoms. The highest BCUT2D eigenvalue weighted by Gasteiger charge is 2.28. The van der Waals surface area contributed by atoms with Crippen LogP contribution in [0.15, 0.2) is 77.3 Å². The molecule has 1 aliphatic rings. The van der Waals surface area contributed by atoms with Crippen LogP contribution in [-0.2, 0) is 5.31 Å². The first-order valence-electron chi connectivity index (χ1n) is 10.8. The van der Waals surface area contributed by atoms with Crippen molar-refractivity contribution in [3.63, 3.8) is 0 Å². The number of benzene rings is 3. The van der Waals surface area contributed by atoms with Crippen LogP contribution in [0.1, 0.15) is 37.7 Å². The molecule has 2 heterocycles. The van der Waals surface area contributed by atoms with Crippen LogP contribution < -0.4 is 0 Å². The minimum atomic E-state index is -0.241. The van der Waals surface area contributed by atoms with Gasteiger partial charge in [-0.3, -0.25) is 4.98 Å². The zero-order valence-electron chi connectivity index (χ0n) is 16.9. The van der Waals surface area contributed by atoms with Gasteiger partial charge in [-0.15, -0.1) is 0 Å². The monoisotopic (exact) mass is 387 g/mol. The third-order valence-corrected chi connectivity index (χ3v) is 6.72. The first-order chi connectivity index (χ1) is 14.7. The molecule has 2 nitrogen and oxygen atoms in total. The Balaban J connectivity index is 1.54. The van der Waals surface area contributed by atoms with Crippen molar-refractivity contribution in [3.05, 3.63) is 78.5 Å². The zero-order valence-corrected chi connectivity index (χ0v) is 16.9. The van der Waals surface area contributed by atoms with E-state index < -0.39 is 0 Å². The lowest BCUT2D eigenvalue weighted by molar-refractivity contribution is 0.398. The van der Waals surface area contributed by atoms with Crippen molar-refractivity contribution in [2.75, 3.05) is 0 Å². The van der Waals surface area contributed by atoms with E-state index in [2.05, 4.69) is 66.7 Å². The van der Waals surface area contributed by atoms with E-state index in [-0.39, 0.29) is 5.31 Å². The lowest BCUT2D eigenvalue weighted by atomic mass is 9.57. The van der Waals surface area contributed by atoms with Crippen LogP contribution >= 0.6 is 0 Å². The summed E-state index contributed by atoms with van der Waals surface area (Å²) in [6.45, 7) is 0. The van der Waals surface area contributed by atoms with Gasteiger partial charge in [0.05, 0.1) is 13.5 Å². The van der Waals surface area contributed by atoms with E-state index in [1.165, 1.54) is 35.6 Å². The molecule has 0 atom stereocenters. The molecule has 0 amide bonds. The second kappa shape index (κ2) is 6.73. The molecule has 3 aromatic carbocycles. The number of furan rings is 1. The van der Waals surface area contributed by atoms with Gasteiger partial charge in [0, 0.05) is 22.5 Å². The Morgan fingerprint density at radius 3 is 2.43 bits per heavy atom. The summed E-state index contributed by atoms with van der Waals surface area (Å²) in [7, 11) is 6.81. The van der Waals surface area contributed by atoms with Crippen molar-refractivity contribution in [1.82, 2.24) is 4.98 Å². The summed E-state index contributed by atoms with van der Waals surface area (Å²) in [6, 6.07) is 23.3.